The number of aromatic amines is 1. The lowest BCUT2D eigenvalue weighted by atomic mass is 9.71. The summed E-state index contributed by atoms with van der Waals surface area (Å²) in [7, 11) is 0. The highest BCUT2D eigenvalue weighted by Crippen LogP contribution is 2.45. The van der Waals surface area contributed by atoms with Gasteiger partial charge in [-0.1, -0.05) is 26.0 Å². The number of nitrogens with zero attached hydrogens (tertiary/aromatic N) is 2. The highest BCUT2D eigenvalue weighted by molar-refractivity contribution is 5.63. The zero-order valence-electron chi connectivity index (χ0n) is 18.9. The van der Waals surface area contributed by atoms with Crippen molar-refractivity contribution in [3.05, 3.63) is 53.1 Å². The first-order valence-electron chi connectivity index (χ1n) is 12.0. The molecule has 6 nitrogen and oxygen atoms in total. The lowest BCUT2D eigenvalue weighted by Gasteiger charge is -2.36. The van der Waals surface area contributed by atoms with Gasteiger partial charge in [0.2, 0.25) is 0 Å². The molecule has 1 aromatic carbocycles. The first-order valence-corrected chi connectivity index (χ1v) is 12.0. The van der Waals surface area contributed by atoms with Gasteiger partial charge in [0.05, 0.1) is 24.0 Å². The minimum absolute atomic E-state index is 0.0188. The summed E-state index contributed by atoms with van der Waals surface area (Å²) in [5.41, 5.74) is 11.1. The van der Waals surface area contributed by atoms with Crippen LogP contribution in [0.2, 0.25) is 0 Å². The van der Waals surface area contributed by atoms with Gasteiger partial charge in [0.15, 0.2) is 0 Å². The third-order valence-electron chi connectivity index (χ3n) is 7.72. The number of rotatable bonds is 5. The van der Waals surface area contributed by atoms with Crippen molar-refractivity contribution in [2.45, 2.75) is 63.7 Å². The van der Waals surface area contributed by atoms with Crippen LogP contribution in [0, 0.1) is 5.92 Å². The van der Waals surface area contributed by atoms with E-state index in [0.29, 0.717) is 0 Å². The molecule has 172 valence electrons. The summed E-state index contributed by atoms with van der Waals surface area (Å²) in [6.45, 7) is 7.38. The monoisotopic (exact) mass is 439 g/mol. The Morgan fingerprint density at radius 1 is 1.22 bits per heavy atom. The highest BCUT2D eigenvalue weighted by atomic mass is 19.1. The molecule has 1 saturated carbocycles. The van der Waals surface area contributed by atoms with Crippen LogP contribution in [0.1, 0.15) is 67.7 Å². The number of benzene rings is 1. The molecule has 2 fully saturated rings. The molecule has 0 radical (unpaired) electrons. The molecule has 5 rings (SSSR count). The second-order valence-electron chi connectivity index (χ2n) is 9.38. The number of phenols is 1. The number of nitrogens with one attached hydrogen (secondary N) is 3. The molecular formula is C25H34FN5O. The van der Waals surface area contributed by atoms with Gasteiger partial charge in [-0.25, -0.2) is 14.8 Å². The van der Waals surface area contributed by atoms with E-state index in [1.54, 1.807) is 12.1 Å². The smallest absolute Gasteiger partial charge is 0.125 e. The van der Waals surface area contributed by atoms with E-state index in [1.165, 1.54) is 5.57 Å². The summed E-state index contributed by atoms with van der Waals surface area (Å²) >= 11 is 0. The Labute approximate surface area is 189 Å². The van der Waals surface area contributed by atoms with E-state index in [4.69, 9.17) is 0 Å². The van der Waals surface area contributed by atoms with Crippen molar-refractivity contribution < 1.29 is 9.50 Å². The molecule has 2 aromatic rings. The van der Waals surface area contributed by atoms with Crippen LogP contribution in [-0.2, 0) is 6.42 Å². The number of hydrazine groups is 1. The van der Waals surface area contributed by atoms with Crippen LogP contribution in [0.3, 0.4) is 0 Å². The van der Waals surface area contributed by atoms with Gasteiger partial charge >= 0.3 is 0 Å². The van der Waals surface area contributed by atoms with Crippen molar-refractivity contribution in [1.29, 1.82) is 0 Å². The number of fused-ring (bicyclic) bond motifs is 1. The normalized spacial score (nSPS) is 30.8. The molecule has 0 spiro atoms. The van der Waals surface area contributed by atoms with Gasteiger partial charge in [-0.15, -0.1) is 0 Å². The van der Waals surface area contributed by atoms with Crippen LogP contribution < -0.4 is 10.9 Å². The minimum Gasteiger partial charge on any atom is -0.508 e. The van der Waals surface area contributed by atoms with Gasteiger partial charge in [0.1, 0.15) is 17.7 Å². The minimum atomic E-state index is -0.989. The van der Waals surface area contributed by atoms with Gasteiger partial charge in [-0.3, -0.25) is 10.3 Å². The third-order valence-corrected chi connectivity index (χ3v) is 7.72. The van der Waals surface area contributed by atoms with Gasteiger partial charge in [-0.2, -0.15) is 0 Å². The number of hydrogen-bond acceptors (Lipinski definition) is 5. The molecule has 4 N–H and O–H groups in total. The van der Waals surface area contributed by atoms with E-state index in [-0.39, 0.29) is 29.7 Å². The zero-order valence-corrected chi connectivity index (χ0v) is 18.9. The van der Waals surface area contributed by atoms with Crippen molar-refractivity contribution in [3.8, 4) is 5.75 Å². The van der Waals surface area contributed by atoms with Gasteiger partial charge in [0, 0.05) is 24.9 Å². The zero-order chi connectivity index (χ0) is 22.2. The molecule has 5 atom stereocenters. The Balaban J connectivity index is 1.31. The van der Waals surface area contributed by atoms with Crippen LogP contribution in [0.4, 0.5) is 4.39 Å². The number of aryl methyl sites for hydroxylation is 1. The lowest BCUT2D eigenvalue weighted by Crippen LogP contribution is -2.45. The maximum Gasteiger partial charge on any atom is 0.125 e. The maximum atomic E-state index is 15.8. The summed E-state index contributed by atoms with van der Waals surface area (Å²) in [6, 6.07) is 5.09. The van der Waals surface area contributed by atoms with Gasteiger partial charge in [-0.05, 0) is 61.1 Å². The number of aromatic nitrogens is 2. The van der Waals surface area contributed by atoms with Crippen molar-refractivity contribution >= 4 is 5.57 Å². The third kappa shape index (κ3) is 3.87. The van der Waals surface area contributed by atoms with Crippen LogP contribution in [0.25, 0.3) is 5.57 Å². The Morgan fingerprint density at radius 2 is 2.09 bits per heavy atom. The summed E-state index contributed by atoms with van der Waals surface area (Å²) in [5.74, 6) is 1.14. The average molecular weight is 440 g/mol. The van der Waals surface area contributed by atoms with Crippen LogP contribution in [0.5, 0.6) is 5.75 Å². The molecular weight excluding hydrogens is 405 g/mol. The predicted octanol–water partition coefficient (Wildman–Crippen LogP) is 3.84. The SMILES string of the molecule is CCc1cc(O)ccc1C1CCC2C(c3ncc(C4=CCN(CC)CC4)[nH]3)NNC2C1F. The van der Waals surface area contributed by atoms with Gasteiger partial charge < -0.3 is 10.1 Å². The number of likely N-dealkylation sites (N-methyl/N-ethyl adjacent to an activating group) is 1. The Morgan fingerprint density at radius 3 is 2.84 bits per heavy atom. The van der Waals surface area contributed by atoms with Crippen molar-refractivity contribution in [2.24, 2.45) is 5.92 Å². The first kappa shape index (κ1) is 21.6. The fourth-order valence-electron chi connectivity index (χ4n) is 5.81. The van der Waals surface area contributed by atoms with Crippen LogP contribution in [-0.4, -0.2) is 51.8 Å². The quantitative estimate of drug-likeness (QED) is 0.570. The predicted molar refractivity (Wildman–Crippen MR) is 124 cm³/mol. The Hall–Kier alpha value is -2.22. The molecule has 1 aliphatic carbocycles. The number of hydrogen-bond donors (Lipinski definition) is 4. The van der Waals surface area contributed by atoms with E-state index in [2.05, 4.69) is 45.6 Å². The molecule has 7 heteroatoms. The van der Waals surface area contributed by atoms with Crippen LogP contribution in [0.15, 0.2) is 30.5 Å². The van der Waals surface area contributed by atoms with Crippen molar-refractivity contribution in [3.63, 3.8) is 0 Å². The van der Waals surface area contributed by atoms with E-state index < -0.39 is 6.17 Å². The second-order valence-corrected chi connectivity index (χ2v) is 9.38. The lowest BCUT2D eigenvalue weighted by molar-refractivity contribution is 0.135. The molecule has 2 aliphatic heterocycles. The first-order chi connectivity index (χ1) is 15.6. The molecule has 1 aromatic heterocycles. The van der Waals surface area contributed by atoms with E-state index in [0.717, 1.165) is 68.0 Å². The van der Waals surface area contributed by atoms with Crippen molar-refractivity contribution in [1.82, 2.24) is 25.7 Å². The second kappa shape index (κ2) is 8.96. The standard InChI is InChI=1S/C25H34FN5O/c1-3-15-13-17(32)5-6-18(15)19-7-8-20-23(22(19)26)29-30-24(20)25-27-14-21(28-25)16-9-11-31(4-2)12-10-16/h5-6,9,13-14,19-20,22-24,29-30,32H,3-4,7-8,10-12H2,1-2H3,(H,27,28). The fourth-order valence-corrected chi connectivity index (χ4v) is 5.81. The Bertz CT molecular complexity index is 988. The van der Waals surface area contributed by atoms with Crippen LogP contribution >= 0.6 is 0 Å². The van der Waals surface area contributed by atoms with Crippen molar-refractivity contribution in [2.75, 3.05) is 19.6 Å². The molecule has 32 heavy (non-hydrogen) atoms. The molecule has 3 aliphatic rings. The summed E-state index contributed by atoms with van der Waals surface area (Å²) in [6.07, 6.45) is 6.77. The molecule has 5 unspecified atom stereocenters. The molecule has 0 amide bonds. The number of alkyl halides is 1. The number of H-pyrrole nitrogens is 1. The Kier molecular flexibility index (Phi) is 6.05. The largest absolute Gasteiger partial charge is 0.508 e. The fraction of sp³-hybridized carbons (Fsp3) is 0.560. The topological polar surface area (TPSA) is 76.2 Å². The number of aromatic hydroxyl groups is 1. The number of phenolic OH excluding ortho intramolecular Hbond substituents is 1. The molecule has 0 bridgehead atoms. The maximum absolute atomic E-state index is 15.8. The van der Waals surface area contributed by atoms with E-state index in [1.807, 2.05) is 12.3 Å². The summed E-state index contributed by atoms with van der Waals surface area (Å²) < 4.78 is 15.8. The summed E-state index contributed by atoms with van der Waals surface area (Å²) in [4.78, 5) is 10.6. The summed E-state index contributed by atoms with van der Waals surface area (Å²) in [5, 5.41) is 9.83. The van der Waals surface area contributed by atoms with E-state index in [9.17, 15) is 5.11 Å². The highest BCUT2D eigenvalue weighted by Gasteiger charge is 2.48. The van der Waals surface area contributed by atoms with Gasteiger partial charge in [0.25, 0.3) is 0 Å². The number of halogens is 1. The average Bonchev–Trinajstić information content (AvgIpc) is 3.47. The number of imidazole rings is 1. The molecule has 1 saturated heterocycles. The van der Waals surface area contributed by atoms with E-state index >= 15 is 4.39 Å². The molecule has 3 heterocycles.